The smallest absolute Gasteiger partial charge is 0.320 e. The molecule has 2 saturated heterocycles. The molecule has 0 aromatic heterocycles. The van der Waals surface area contributed by atoms with Gasteiger partial charge in [-0.1, -0.05) is 0 Å². The summed E-state index contributed by atoms with van der Waals surface area (Å²) in [5.74, 6) is -0.648. The summed E-state index contributed by atoms with van der Waals surface area (Å²) in [6.07, 6.45) is 0.799. The van der Waals surface area contributed by atoms with Crippen molar-refractivity contribution in [2.45, 2.75) is 38.4 Å². The van der Waals surface area contributed by atoms with Gasteiger partial charge in [0.1, 0.15) is 0 Å². The van der Waals surface area contributed by atoms with Gasteiger partial charge in [-0.3, -0.25) is 4.79 Å². The Morgan fingerprint density at radius 1 is 1.24 bits per heavy atom. The number of ether oxygens (including phenoxy) is 1. The van der Waals surface area contributed by atoms with Crippen LogP contribution < -0.4 is 0 Å². The lowest BCUT2D eigenvalue weighted by atomic mass is 9.92. The lowest BCUT2D eigenvalue weighted by molar-refractivity contribution is -0.141. The van der Waals surface area contributed by atoms with Crippen molar-refractivity contribution in [2.24, 2.45) is 5.92 Å². The number of likely N-dealkylation sites (tertiary alicyclic amines) is 1. The molecule has 120 valence electrons. The van der Waals surface area contributed by atoms with Crippen LogP contribution in [0.2, 0.25) is 0 Å². The Labute approximate surface area is 124 Å². The number of carboxylic acids is 1. The Morgan fingerprint density at radius 2 is 1.90 bits per heavy atom. The van der Waals surface area contributed by atoms with E-state index in [0.717, 1.165) is 12.8 Å². The number of nitrogens with zero attached hydrogens (tertiary/aromatic N) is 2. The number of morpholine rings is 1. The maximum atomic E-state index is 12.4. The van der Waals surface area contributed by atoms with Gasteiger partial charge in [-0.2, -0.15) is 0 Å². The van der Waals surface area contributed by atoms with E-state index in [0.29, 0.717) is 32.8 Å². The molecule has 7 nitrogen and oxygen atoms in total. The predicted molar refractivity (Wildman–Crippen MR) is 74.9 cm³/mol. The van der Waals surface area contributed by atoms with E-state index in [1.165, 1.54) is 0 Å². The van der Waals surface area contributed by atoms with Crippen LogP contribution in [0.1, 0.15) is 26.2 Å². The summed E-state index contributed by atoms with van der Waals surface area (Å²) >= 11 is 0. The summed E-state index contributed by atoms with van der Waals surface area (Å²) in [5.41, 5.74) is 0. The minimum absolute atomic E-state index is 0.0438. The molecule has 0 bridgehead atoms. The Morgan fingerprint density at radius 3 is 2.48 bits per heavy atom. The maximum Gasteiger partial charge on any atom is 0.320 e. The van der Waals surface area contributed by atoms with Crippen LogP contribution in [0.15, 0.2) is 0 Å². The molecule has 2 unspecified atom stereocenters. The summed E-state index contributed by atoms with van der Waals surface area (Å²) in [7, 11) is 0. The Balaban J connectivity index is 1.84. The minimum atomic E-state index is -0.910. The number of urea groups is 1. The van der Waals surface area contributed by atoms with Gasteiger partial charge in [0, 0.05) is 26.2 Å². The van der Waals surface area contributed by atoms with E-state index in [1.807, 2.05) is 0 Å². The van der Waals surface area contributed by atoms with Gasteiger partial charge >= 0.3 is 12.0 Å². The topological polar surface area (TPSA) is 90.3 Å². The fourth-order valence-corrected chi connectivity index (χ4v) is 2.98. The van der Waals surface area contributed by atoms with Crippen LogP contribution in [-0.2, 0) is 9.53 Å². The van der Waals surface area contributed by atoms with Crippen molar-refractivity contribution in [1.29, 1.82) is 0 Å². The molecule has 0 spiro atoms. The highest BCUT2D eigenvalue weighted by molar-refractivity contribution is 5.75. The van der Waals surface area contributed by atoms with Crippen molar-refractivity contribution >= 4 is 12.0 Å². The van der Waals surface area contributed by atoms with Crippen LogP contribution in [0.4, 0.5) is 4.79 Å². The second kappa shape index (κ2) is 7.09. The number of rotatable bonds is 3. The van der Waals surface area contributed by atoms with E-state index in [4.69, 9.17) is 9.84 Å². The van der Waals surface area contributed by atoms with Gasteiger partial charge < -0.3 is 24.7 Å². The summed E-state index contributed by atoms with van der Waals surface area (Å²) in [4.78, 5) is 26.6. The number of amides is 2. The van der Waals surface area contributed by atoms with E-state index >= 15 is 0 Å². The SMILES string of the molecule is CC(O)C1CCN(C(=O)N2CCOC(CC(=O)O)C2)CC1. The van der Waals surface area contributed by atoms with Crippen LogP contribution in [-0.4, -0.2) is 77.0 Å². The number of aliphatic carboxylic acids is 1. The van der Waals surface area contributed by atoms with E-state index in [1.54, 1.807) is 16.7 Å². The van der Waals surface area contributed by atoms with Crippen LogP contribution in [0.3, 0.4) is 0 Å². The number of carboxylic acid groups (broad SMARTS) is 1. The third kappa shape index (κ3) is 4.31. The molecule has 2 aliphatic heterocycles. The molecular formula is C14H24N2O5. The first-order valence-electron chi connectivity index (χ1n) is 7.52. The van der Waals surface area contributed by atoms with Crippen molar-refractivity contribution < 1.29 is 24.5 Å². The zero-order valence-electron chi connectivity index (χ0n) is 12.4. The Bertz CT molecular complexity index is 380. The van der Waals surface area contributed by atoms with E-state index in [-0.39, 0.29) is 24.5 Å². The number of aliphatic hydroxyl groups excluding tert-OH is 1. The van der Waals surface area contributed by atoms with Gasteiger partial charge in [-0.15, -0.1) is 0 Å². The zero-order valence-corrected chi connectivity index (χ0v) is 12.4. The molecule has 2 rings (SSSR count). The number of hydrogen-bond donors (Lipinski definition) is 2. The molecule has 2 N–H and O–H groups in total. The molecule has 21 heavy (non-hydrogen) atoms. The van der Waals surface area contributed by atoms with Crippen molar-refractivity contribution in [3.63, 3.8) is 0 Å². The molecule has 2 fully saturated rings. The largest absolute Gasteiger partial charge is 0.481 e. The van der Waals surface area contributed by atoms with Crippen LogP contribution in [0, 0.1) is 5.92 Å². The number of hydrogen-bond acceptors (Lipinski definition) is 4. The molecule has 7 heteroatoms. The predicted octanol–water partition coefficient (Wildman–Crippen LogP) is 0.375. The highest BCUT2D eigenvalue weighted by atomic mass is 16.5. The van der Waals surface area contributed by atoms with Gasteiger partial charge in [-0.05, 0) is 25.7 Å². The van der Waals surface area contributed by atoms with Gasteiger partial charge in [0.2, 0.25) is 0 Å². The highest BCUT2D eigenvalue weighted by Crippen LogP contribution is 2.22. The average Bonchev–Trinajstić information content (AvgIpc) is 2.46. The second-order valence-electron chi connectivity index (χ2n) is 5.88. The summed E-state index contributed by atoms with van der Waals surface area (Å²) in [6, 6.07) is -0.0438. The van der Waals surface area contributed by atoms with Gasteiger partial charge in [-0.25, -0.2) is 4.79 Å². The van der Waals surface area contributed by atoms with Crippen molar-refractivity contribution in [1.82, 2.24) is 9.80 Å². The highest BCUT2D eigenvalue weighted by Gasteiger charge is 2.31. The lowest BCUT2D eigenvalue weighted by Gasteiger charge is -2.39. The normalized spacial score (nSPS) is 25.7. The number of carbonyl (C=O) groups excluding carboxylic acids is 1. The molecule has 2 heterocycles. The second-order valence-corrected chi connectivity index (χ2v) is 5.88. The Kier molecular flexibility index (Phi) is 5.41. The van der Waals surface area contributed by atoms with Crippen molar-refractivity contribution in [2.75, 3.05) is 32.8 Å². The first-order valence-corrected chi connectivity index (χ1v) is 7.52. The molecule has 2 amide bonds. The summed E-state index contributed by atoms with van der Waals surface area (Å²) in [5, 5.41) is 18.4. The number of carbonyl (C=O) groups is 2. The molecular weight excluding hydrogens is 276 g/mol. The van der Waals surface area contributed by atoms with E-state index < -0.39 is 12.1 Å². The molecule has 2 aliphatic rings. The molecule has 0 radical (unpaired) electrons. The number of aliphatic hydroxyl groups is 1. The standard InChI is InChI=1S/C14H24N2O5/c1-10(17)11-2-4-15(5-3-11)14(20)16-6-7-21-12(9-16)8-13(18)19/h10-12,17H,2-9H2,1H3,(H,18,19). The van der Waals surface area contributed by atoms with Crippen LogP contribution in [0.5, 0.6) is 0 Å². The molecule has 0 aliphatic carbocycles. The average molecular weight is 300 g/mol. The maximum absolute atomic E-state index is 12.4. The quantitative estimate of drug-likeness (QED) is 0.786. The van der Waals surface area contributed by atoms with Crippen LogP contribution in [0.25, 0.3) is 0 Å². The minimum Gasteiger partial charge on any atom is -0.481 e. The lowest BCUT2D eigenvalue weighted by Crippen LogP contribution is -2.53. The Hall–Kier alpha value is -1.34. The van der Waals surface area contributed by atoms with Gasteiger partial charge in [0.15, 0.2) is 0 Å². The third-order valence-electron chi connectivity index (χ3n) is 4.30. The van der Waals surface area contributed by atoms with Crippen LogP contribution >= 0.6 is 0 Å². The fourth-order valence-electron chi connectivity index (χ4n) is 2.98. The zero-order chi connectivity index (χ0) is 15.4. The fraction of sp³-hybridized carbons (Fsp3) is 0.857. The summed E-state index contributed by atoms with van der Waals surface area (Å²) < 4.78 is 5.38. The summed E-state index contributed by atoms with van der Waals surface area (Å²) in [6.45, 7) is 4.31. The third-order valence-corrected chi connectivity index (χ3v) is 4.30. The number of piperidine rings is 1. The van der Waals surface area contributed by atoms with Crippen molar-refractivity contribution in [3.05, 3.63) is 0 Å². The monoisotopic (exact) mass is 300 g/mol. The van der Waals surface area contributed by atoms with Gasteiger partial charge in [0.25, 0.3) is 0 Å². The first kappa shape index (κ1) is 16.0. The van der Waals surface area contributed by atoms with E-state index in [9.17, 15) is 14.7 Å². The molecule has 0 aromatic carbocycles. The van der Waals surface area contributed by atoms with Crippen molar-refractivity contribution in [3.8, 4) is 0 Å². The molecule has 0 aromatic rings. The molecule has 2 atom stereocenters. The van der Waals surface area contributed by atoms with Gasteiger partial charge in [0.05, 0.1) is 25.2 Å². The molecule has 0 saturated carbocycles. The van der Waals surface area contributed by atoms with E-state index in [2.05, 4.69) is 0 Å². The first-order chi connectivity index (χ1) is 9.97.